The number of aromatic nitrogens is 3. The Labute approximate surface area is 355 Å². The Morgan fingerprint density at radius 2 is 1.23 bits per heavy atom. The summed E-state index contributed by atoms with van der Waals surface area (Å²) in [6.07, 6.45) is 0. The molecule has 0 spiro atoms. The smallest absolute Gasteiger partial charge is 0.296 e. The van der Waals surface area contributed by atoms with E-state index in [1.54, 1.807) is 0 Å². The normalized spacial score (nSPS) is 12.7. The van der Waals surface area contributed by atoms with E-state index in [2.05, 4.69) is 58.3 Å². The molecular weight excluding hydrogens is 1010 g/mol. The van der Waals surface area contributed by atoms with Crippen LogP contribution in [0.4, 0.5) is 46.0 Å². The summed E-state index contributed by atoms with van der Waals surface area (Å²) in [4.78, 5) is 18.3. The maximum atomic E-state index is 12.5. The number of halogens is 2. The summed E-state index contributed by atoms with van der Waals surface area (Å²) in [6.45, 7) is 3.27. The van der Waals surface area contributed by atoms with E-state index in [9.17, 15) is 74.8 Å². The van der Waals surface area contributed by atoms with Crippen LogP contribution in [-0.4, -0.2) is 90.8 Å². The van der Waals surface area contributed by atoms with Crippen LogP contribution in [0.5, 0.6) is 5.75 Å². The van der Waals surface area contributed by atoms with Gasteiger partial charge in [-0.05, 0) is 75.4 Å². The van der Waals surface area contributed by atoms with Crippen LogP contribution < -0.4 is 21.7 Å². The average molecular weight is 1030 g/mol. The first-order chi connectivity index (χ1) is 27.8. The monoisotopic (exact) mass is 1030 g/mol. The minimum absolute atomic E-state index is 0.283. The number of fused-ring (bicyclic) bond motifs is 1. The average Bonchev–Trinajstić information content (AvgIpc) is 3.09. The molecule has 0 aliphatic rings. The molecule has 0 saturated heterocycles. The Balaban J connectivity index is 1.58. The highest BCUT2D eigenvalue weighted by Gasteiger charge is 2.28. The third kappa shape index (κ3) is 10.7. The van der Waals surface area contributed by atoms with E-state index in [1.165, 1.54) is 0 Å². The molecule has 0 saturated carbocycles. The van der Waals surface area contributed by atoms with Crippen LogP contribution in [0.1, 0.15) is 0 Å². The minimum atomic E-state index is -5.27. The van der Waals surface area contributed by atoms with Crippen molar-refractivity contribution in [2.75, 3.05) is 21.7 Å². The molecule has 0 fully saturated rings. The molecule has 1 aromatic heterocycles. The Kier molecular flexibility index (Phi) is 12.5. The Bertz CT molecular complexity index is 3360. The molecule has 1 amide bonds. The van der Waals surface area contributed by atoms with Crippen molar-refractivity contribution in [3.63, 3.8) is 0 Å². The number of benzene rings is 4. The van der Waals surface area contributed by atoms with E-state index < -0.39 is 143 Å². The number of phenolic OH excluding ortho intramolecular Hbond substituents is 1. The number of anilines is 6. The van der Waals surface area contributed by atoms with Crippen molar-refractivity contribution in [2.24, 2.45) is 10.2 Å². The van der Waals surface area contributed by atoms with Gasteiger partial charge in [-0.2, -0.15) is 57.0 Å². The lowest BCUT2D eigenvalue weighted by atomic mass is 10.1. The van der Waals surface area contributed by atoms with Crippen LogP contribution in [0, 0.1) is 0 Å². The third-order valence-corrected chi connectivity index (χ3v) is 12.4. The van der Waals surface area contributed by atoms with Crippen molar-refractivity contribution in [3.05, 3.63) is 64.9 Å². The molecule has 0 atom stereocenters. The van der Waals surface area contributed by atoms with Crippen molar-refractivity contribution >= 4 is 141 Å². The minimum Gasteiger partial charge on any atom is -0.507 e. The number of nitrogens with one attached hydrogen (secondary N) is 3. The highest BCUT2D eigenvalue weighted by atomic mass is 79.9. The van der Waals surface area contributed by atoms with E-state index in [-0.39, 0.29) is 10.2 Å². The first-order valence-corrected chi connectivity index (χ1v) is 23.5. The zero-order valence-corrected chi connectivity index (χ0v) is 35.5. The fourth-order valence-corrected chi connectivity index (χ4v) is 8.40. The molecule has 0 aliphatic heterocycles. The van der Waals surface area contributed by atoms with Gasteiger partial charge in [-0.3, -0.25) is 27.6 Å². The van der Waals surface area contributed by atoms with Gasteiger partial charge in [0.05, 0.1) is 31.8 Å². The Morgan fingerprint density at radius 3 is 1.77 bits per heavy atom. The summed E-state index contributed by atoms with van der Waals surface area (Å²) in [5.74, 6) is -3.29. The molecular formula is C28H21BrClN9O17S5. The van der Waals surface area contributed by atoms with E-state index in [0.717, 1.165) is 12.1 Å². The molecule has 0 aliphatic carbocycles. The van der Waals surface area contributed by atoms with Crippen molar-refractivity contribution in [3.8, 4) is 5.75 Å². The predicted octanol–water partition coefficient (Wildman–Crippen LogP) is 3.95. The summed E-state index contributed by atoms with van der Waals surface area (Å²) in [7, 11) is -25.9. The second kappa shape index (κ2) is 16.4. The number of amides is 1. The number of carbonyl (C=O) groups excluding carboxylic acids is 1. The fraction of sp³-hybridized carbons (Fsp3) is 0. The molecule has 0 bridgehead atoms. The molecule has 324 valence electrons. The molecule has 5 aromatic rings. The van der Waals surface area contributed by atoms with E-state index in [1.807, 2.05) is 5.32 Å². The molecule has 0 unspecified atom stereocenters. The number of nitrogens with zero attached hydrogens (tertiary/aromatic N) is 5. The molecule has 11 N–H and O–H groups in total. The number of rotatable bonds is 13. The van der Waals surface area contributed by atoms with Crippen molar-refractivity contribution < 1.29 is 74.8 Å². The first kappa shape index (κ1) is 46.5. The Morgan fingerprint density at radius 1 is 0.689 bits per heavy atom. The second-order valence-corrected chi connectivity index (χ2v) is 19.9. The lowest BCUT2D eigenvalue weighted by Crippen LogP contribution is -2.16. The number of phenols is 1. The maximum Gasteiger partial charge on any atom is 0.296 e. The number of nitrogen functional groups attached to an aromatic ring is 1. The summed E-state index contributed by atoms with van der Waals surface area (Å²) < 4.78 is 170. The van der Waals surface area contributed by atoms with Gasteiger partial charge in [-0.15, -0.1) is 10.2 Å². The van der Waals surface area contributed by atoms with Gasteiger partial charge >= 0.3 is 0 Å². The predicted molar refractivity (Wildman–Crippen MR) is 214 cm³/mol. The number of azo groups is 1. The number of aromatic hydroxyl groups is 1. The maximum absolute atomic E-state index is 12.5. The Hall–Kier alpha value is -5.52. The largest absolute Gasteiger partial charge is 0.507 e. The molecule has 61 heavy (non-hydrogen) atoms. The van der Waals surface area contributed by atoms with Crippen LogP contribution in [0.25, 0.3) is 10.8 Å². The summed E-state index contributed by atoms with van der Waals surface area (Å²) in [6, 6.07) is 5.43. The van der Waals surface area contributed by atoms with Gasteiger partial charge in [0.1, 0.15) is 36.7 Å². The summed E-state index contributed by atoms with van der Waals surface area (Å²) in [5, 5.41) is 23.1. The van der Waals surface area contributed by atoms with E-state index in [4.69, 9.17) is 17.3 Å². The highest BCUT2D eigenvalue weighted by molar-refractivity contribution is 9.12. The lowest BCUT2D eigenvalue weighted by molar-refractivity contribution is -0.112. The van der Waals surface area contributed by atoms with Crippen LogP contribution >= 0.6 is 27.5 Å². The zero-order chi connectivity index (χ0) is 45.8. The van der Waals surface area contributed by atoms with Gasteiger partial charge in [0.2, 0.25) is 17.2 Å². The van der Waals surface area contributed by atoms with Crippen molar-refractivity contribution in [1.82, 2.24) is 15.0 Å². The first-order valence-electron chi connectivity index (χ1n) is 15.2. The van der Waals surface area contributed by atoms with Crippen LogP contribution in [0.3, 0.4) is 0 Å². The van der Waals surface area contributed by atoms with Crippen LogP contribution in [-0.2, 0) is 55.4 Å². The van der Waals surface area contributed by atoms with Crippen LogP contribution in [0.15, 0.2) is 94.3 Å². The van der Waals surface area contributed by atoms with E-state index >= 15 is 0 Å². The number of nitrogens with two attached hydrogens (primary N) is 1. The SMILES string of the molecule is C=C(Br)C(=O)Nc1cc(S(=O)(=O)O)c(Nc2nc(Cl)nc(Nc3ccc(N=Nc4c(N)c(S(=O)(=O)O)cc5cc(S(=O)(=O)O)cc(O)c45)c(S(=O)(=O)O)c3)n2)cc1S(=O)(=O)O. The van der Waals surface area contributed by atoms with Gasteiger partial charge < -0.3 is 26.8 Å². The topological polar surface area (TPSA) is 435 Å². The van der Waals surface area contributed by atoms with Gasteiger partial charge in [0.25, 0.3) is 56.5 Å². The van der Waals surface area contributed by atoms with Gasteiger partial charge in [-0.1, -0.05) is 6.58 Å². The van der Waals surface area contributed by atoms with Gasteiger partial charge in [0.15, 0.2) is 0 Å². The number of carbonyl (C=O) groups is 1. The quantitative estimate of drug-likeness (QED) is 0.0345. The molecule has 5 rings (SSSR count). The van der Waals surface area contributed by atoms with Gasteiger partial charge in [0, 0.05) is 11.8 Å². The molecule has 26 nitrogen and oxygen atoms in total. The summed E-state index contributed by atoms with van der Waals surface area (Å²) in [5.41, 5.74) is 1.64. The molecule has 0 radical (unpaired) electrons. The summed E-state index contributed by atoms with van der Waals surface area (Å²) >= 11 is 8.74. The third-order valence-electron chi connectivity index (χ3n) is 7.48. The van der Waals surface area contributed by atoms with Gasteiger partial charge in [-0.25, -0.2) is 0 Å². The fourth-order valence-electron chi connectivity index (χ4n) is 5.00. The standard InChI is InChI=1S/C28H21BrClN9O17S5/c1-10(29)25(41)33-15-8-20(60(51,52)53)16(9-19(15)59(48,49)50)34-28-36-26(30)35-27(37-28)32-12-2-3-14(18(6-12)58(45,46)47)38-39-24-22-11(5-21(23(24)31)61(54,55)56)4-13(7-17(22)40)57(42,43)44/h2-9,40H,1,31H2,(H,33,41)(H,42,43,44)(H,45,46,47)(H,48,49,50)(H,51,52,53)(H,54,55,56)(H2,32,34,35,36,37). The molecule has 4 aromatic carbocycles. The van der Waals surface area contributed by atoms with Crippen molar-refractivity contribution in [1.29, 1.82) is 0 Å². The number of hydrogen-bond acceptors (Lipinski definition) is 20. The molecule has 1 heterocycles. The zero-order valence-electron chi connectivity index (χ0n) is 29.1. The lowest BCUT2D eigenvalue weighted by Gasteiger charge is -2.15. The second-order valence-electron chi connectivity index (χ2n) is 11.6. The number of hydrogen-bond donors (Lipinski definition) is 10. The molecule has 33 heteroatoms. The van der Waals surface area contributed by atoms with E-state index in [0.29, 0.717) is 36.4 Å². The van der Waals surface area contributed by atoms with Crippen LogP contribution in [0.2, 0.25) is 5.28 Å². The van der Waals surface area contributed by atoms with Crippen molar-refractivity contribution in [2.45, 2.75) is 24.5 Å². The highest BCUT2D eigenvalue weighted by Crippen LogP contribution is 2.44.